The van der Waals surface area contributed by atoms with Crippen LogP contribution in [0.3, 0.4) is 0 Å². The molecule has 1 aliphatic rings. The number of hydrogen-bond donors (Lipinski definition) is 1. The number of morpholine rings is 1. The molecule has 6 nitrogen and oxygen atoms in total. The topological polar surface area (TPSA) is 63.7 Å². The molecule has 1 fully saturated rings. The number of nitrogens with one attached hydrogen (secondary N) is 1. The quantitative estimate of drug-likeness (QED) is 0.701. The summed E-state index contributed by atoms with van der Waals surface area (Å²) in [5.74, 6) is 0.828. The van der Waals surface area contributed by atoms with Gasteiger partial charge in [0.05, 0.1) is 34.6 Å². The molecule has 0 unspecified atom stereocenters. The highest BCUT2D eigenvalue weighted by Gasteiger charge is 2.28. The summed E-state index contributed by atoms with van der Waals surface area (Å²) in [6.07, 6.45) is 0.127. The van der Waals surface area contributed by atoms with Gasteiger partial charge in [-0.25, -0.2) is 4.98 Å². The molecule has 8 heteroatoms. The van der Waals surface area contributed by atoms with E-state index in [4.69, 9.17) is 9.47 Å². The molecule has 2 atom stereocenters. The van der Waals surface area contributed by atoms with Crippen LogP contribution in [0.4, 0.5) is 10.8 Å². The minimum absolute atomic E-state index is 0.0615. The second-order valence-corrected chi connectivity index (χ2v) is 8.65. The number of methoxy groups -OCH3 is 1. The van der Waals surface area contributed by atoms with E-state index in [1.807, 2.05) is 49.1 Å². The van der Waals surface area contributed by atoms with Crippen molar-refractivity contribution < 1.29 is 14.3 Å². The van der Waals surface area contributed by atoms with E-state index >= 15 is 0 Å². The van der Waals surface area contributed by atoms with E-state index in [0.29, 0.717) is 13.1 Å². The molecule has 1 aromatic carbocycles. The number of thiophene rings is 1. The first-order valence-electron chi connectivity index (χ1n) is 8.78. The van der Waals surface area contributed by atoms with Crippen LogP contribution in [0.2, 0.25) is 0 Å². The Morgan fingerprint density at radius 1 is 1.26 bits per heavy atom. The van der Waals surface area contributed by atoms with Crippen LogP contribution in [0.25, 0.3) is 9.53 Å². The zero-order valence-electron chi connectivity index (χ0n) is 15.4. The summed E-state index contributed by atoms with van der Waals surface area (Å²) in [6, 6.07) is 9.67. The standard InChI is InChI=1S/C19H21N3O3S2/c1-11-9-22(10-12(2)25-11)18(23)16-8-15-17(26-16)21-19(27-15)20-13-6-4-5-7-14(13)24-3/h4-8,11-12H,9-10H2,1-3H3,(H,20,21)/t11-,12-/m0/s1. The van der Waals surface area contributed by atoms with Gasteiger partial charge >= 0.3 is 0 Å². The summed E-state index contributed by atoms with van der Waals surface area (Å²) in [7, 11) is 1.65. The van der Waals surface area contributed by atoms with Gasteiger partial charge < -0.3 is 19.7 Å². The number of hydrogen-bond acceptors (Lipinski definition) is 7. The van der Waals surface area contributed by atoms with Crippen molar-refractivity contribution in [2.45, 2.75) is 26.1 Å². The Balaban J connectivity index is 1.53. The fourth-order valence-corrected chi connectivity index (χ4v) is 5.35. The van der Waals surface area contributed by atoms with Crippen LogP contribution >= 0.6 is 22.7 Å². The van der Waals surface area contributed by atoms with Crippen LogP contribution in [0.5, 0.6) is 5.75 Å². The van der Waals surface area contributed by atoms with Crippen molar-refractivity contribution in [2.75, 3.05) is 25.5 Å². The number of fused-ring (bicyclic) bond motifs is 1. The van der Waals surface area contributed by atoms with Crippen LogP contribution < -0.4 is 10.1 Å². The second kappa shape index (κ2) is 7.46. The smallest absolute Gasteiger partial charge is 0.264 e. The predicted molar refractivity (Wildman–Crippen MR) is 110 cm³/mol. The second-order valence-electron chi connectivity index (χ2n) is 6.59. The van der Waals surface area contributed by atoms with Gasteiger partial charge in [-0.2, -0.15) is 0 Å². The number of benzene rings is 1. The molecule has 0 aliphatic carbocycles. The molecule has 3 aromatic rings. The fraction of sp³-hybridized carbons (Fsp3) is 0.368. The molecule has 0 saturated carbocycles. The molecule has 1 saturated heterocycles. The van der Waals surface area contributed by atoms with Gasteiger partial charge in [-0.3, -0.25) is 4.79 Å². The van der Waals surface area contributed by atoms with Gasteiger partial charge in [0.15, 0.2) is 5.13 Å². The normalized spacial score (nSPS) is 20.0. The molecule has 0 spiro atoms. The van der Waals surface area contributed by atoms with E-state index in [-0.39, 0.29) is 18.1 Å². The zero-order chi connectivity index (χ0) is 19.0. The molecule has 27 heavy (non-hydrogen) atoms. The highest BCUT2D eigenvalue weighted by Crippen LogP contribution is 2.36. The van der Waals surface area contributed by atoms with Gasteiger partial charge in [0.1, 0.15) is 10.6 Å². The van der Waals surface area contributed by atoms with E-state index in [2.05, 4.69) is 10.3 Å². The van der Waals surface area contributed by atoms with Gasteiger partial charge in [0.25, 0.3) is 5.91 Å². The van der Waals surface area contributed by atoms with Crippen molar-refractivity contribution in [3.63, 3.8) is 0 Å². The summed E-state index contributed by atoms with van der Waals surface area (Å²) in [5, 5.41) is 4.09. The maximum Gasteiger partial charge on any atom is 0.264 e. The van der Waals surface area contributed by atoms with Crippen LogP contribution in [0.15, 0.2) is 30.3 Å². The molecular formula is C19H21N3O3S2. The molecule has 1 amide bonds. The van der Waals surface area contributed by atoms with E-state index in [9.17, 15) is 4.79 Å². The maximum atomic E-state index is 12.8. The van der Waals surface area contributed by atoms with Gasteiger partial charge in [-0.15, -0.1) is 11.3 Å². The Labute approximate surface area is 165 Å². The molecular weight excluding hydrogens is 382 g/mol. The molecule has 3 heterocycles. The maximum absolute atomic E-state index is 12.8. The summed E-state index contributed by atoms with van der Waals surface area (Å²) in [4.78, 5) is 21.0. The Morgan fingerprint density at radius 2 is 2.00 bits per heavy atom. The SMILES string of the molecule is COc1ccccc1Nc1nc2sc(C(=O)N3C[C@H](C)O[C@@H](C)C3)cc2s1. The average Bonchev–Trinajstić information content (AvgIpc) is 3.19. The van der Waals surface area contributed by atoms with E-state index in [1.165, 1.54) is 22.7 Å². The molecule has 1 aliphatic heterocycles. The molecule has 1 N–H and O–H groups in total. The number of thiazole rings is 1. The number of amides is 1. The first-order valence-corrected chi connectivity index (χ1v) is 10.4. The first-order chi connectivity index (χ1) is 13.0. The number of carbonyl (C=O) groups is 1. The minimum atomic E-state index is 0.0615. The van der Waals surface area contributed by atoms with Crippen LogP contribution in [-0.4, -0.2) is 48.2 Å². The lowest BCUT2D eigenvalue weighted by atomic mass is 10.2. The Bertz CT molecular complexity index is 927. The van der Waals surface area contributed by atoms with Crippen molar-refractivity contribution >= 4 is 48.9 Å². The van der Waals surface area contributed by atoms with E-state index < -0.39 is 0 Å². The van der Waals surface area contributed by atoms with Gasteiger partial charge in [0.2, 0.25) is 0 Å². The number of ether oxygens (including phenoxy) is 2. The minimum Gasteiger partial charge on any atom is -0.495 e. The van der Waals surface area contributed by atoms with E-state index in [1.54, 1.807) is 7.11 Å². The van der Waals surface area contributed by atoms with Crippen LogP contribution in [0.1, 0.15) is 23.5 Å². The number of carbonyl (C=O) groups excluding carboxylic acids is 1. The fourth-order valence-electron chi connectivity index (χ4n) is 3.26. The van der Waals surface area contributed by atoms with Crippen LogP contribution in [0, 0.1) is 0 Å². The largest absolute Gasteiger partial charge is 0.495 e. The third-order valence-electron chi connectivity index (χ3n) is 4.36. The first kappa shape index (κ1) is 18.2. The lowest BCUT2D eigenvalue weighted by molar-refractivity contribution is -0.0585. The Hall–Kier alpha value is -2.16. The predicted octanol–water partition coefficient (Wildman–Crippen LogP) is 4.36. The molecule has 2 aromatic heterocycles. The molecule has 142 valence electrons. The lowest BCUT2D eigenvalue weighted by Gasteiger charge is -2.35. The number of para-hydroxylation sites is 2. The lowest BCUT2D eigenvalue weighted by Crippen LogP contribution is -2.48. The zero-order valence-corrected chi connectivity index (χ0v) is 17.0. The molecule has 4 rings (SSSR count). The number of anilines is 2. The van der Waals surface area contributed by atoms with Crippen molar-refractivity contribution in [3.8, 4) is 5.75 Å². The Morgan fingerprint density at radius 3 is 2.70 bits per heavy atom. The molecule has 0 bridgehead atoms. The highest BCUT2D eigenvalue weighted by molar-refractivity contribution is 7.29. The summed E-state index contributed by atoms with van der Waals surface area (Å²) in [5.41, 5.74) is 0.869. The van der Waals surface area contributed by atoms with Gasteiger partial charge in [0, 0.05) is 13.1 Å². The van der Waals surface area contributed by atoms with E-state index in [0.717, 1.165) is 31.0 Å². The monoisotopic (exact) mass is 403 g/mol. The van der Waals surface area contributed by atoms with Crippen molar-refractivity contribution in [2.24, 2.45) is 0 Å². The highest BCUT2D eigenvalue weighted by atomic mass is 32.1. The summed E-state index contributed by atoms with van der Waals surface area (Å²) >= 11 is 2.97. The van der Waals surface area contributed by atoms with Crippen LogP contribution in [-0.2, 0) is 4.74 Å². The van der Waals surface area contributed by atoms with Crippen molar-refractivity contribution in [1.29, 1.82) is 0 Å². The van der Waals surface area contributed by atoms with Crippen molar-refractivity contribution in [1.82, 2.24) is 9.88 Å². The summed E-state index contributed by atoms with van der Waals surface area (Å²) in [6.45, 7) is 5.26. The number of rotatable bonds is 4. The third-order valence-corrected chi connectivity index (χ3v) is 6.42. The van der Waals surface area contributed by atoms with Crippen molar-refractivity contribution in [3.05, 3.63) is 35.2 Å². The average molecular weight is 404 g/mol. The Kier molecular flexibility index (Phi) is 5.03. The van der Waals surface area contributed by atoms with Gasteiger partial charge in [-0.05, 0) is 32.0 Å². The number of aromatic nitrogens is 1. The third kappa shape index (κ3) is 3.78. The van der Waals surface area contributed by atoms with Gasteiger partial charge in [-0.1, -0.05) is 23.5 Å². The number of nitrogens with zero attached hydrogens (tertiary/aromatic N) is 2. The molecule has 0 radical (unpaired) electrons. The summed E-state index contributed by atoms with van der Waals surface area (Å²) < 4.78 is 12.1.